The Morgan fingerprint density at radius 2 is 2.10 bits per heavy atom. The Balaban J connectivity index is 2.01. The van der Waals surface area contributed by atoms with E-state index in [1.54, 1.807) is 6.20 Å². The number of fused-ring (bicyclic) bond motifs is 1. The molecule has 2 N–H and O–H groups in total. The molecular formula is C13H14ClN3O3S. The predicted molar refractivity (Wildman–Crippen MR) is 77.5 cm³/mol. The van der Waals surface area contributed by atoms with Crippen molar-refractivity contribution in [2.24, 2.45) is 0 Å². The summed E-state index contributed by atoms with van der Waals surface area (Å²) in [5.41, 5.74) is 1.53. The zero-order valence-electron chi connectivity index (χ0n) is 11.0. The lowest BCUT2D eigenvalue weighted by Crippen LogP contribution is -2.41. The summed E-state index contributed by atoms with van der Waals surface area (Å²) in [5, 5.41) is 16.9. The minimum atomic E-state index is -3.69. The van der Waals surface area contributed by atoms with Crippen molar-refractivity contribution >= 4 is 21.6 Å². The van der Waals surface area contributed by atoms with Gasteiger partial charge in [-0.05, 0) is 24.3 Å². The fourth-order valence-corrected chi connectivity index (χ4v) is 4.29. The Kier molecular flexibility index (Phi) is 3.75. The minimum absolute atomic E-state index is 0.164. The summed E-state index contributed by atoms with van der Waals surface area (Å²) in [6, 6.07) is 5.40. The van der Waals surface area contributed by atoms with Gasteiger partial charge in [0.1, 0.15) is 0 Å². The Morgan fingerprint density at radius 1 is 1.38 bits per heavy atom. The molecule has 0 spiro atoms. The molecule has 0 fully saturated rings. The van der Waals surface area contributed by atoms with E-state index in [1.807, 2.05) is 0 Å². The highest BCUT2D eigenvalue weighted by molar-refractivity contribution is 7.89. The molecule has 2 aromatic rings. The molecule has 1 aromatic carbocycles. The number of benzene rings is 1. The lowest BCUT2D eigenvalue weighted by molar-refractivity contribution is 0.180. The van der Waals surface area contributed by atoms with E-state index in [0.717, 1.165) is 11.3 Å². The predicted octanol–water partition coefficient (Wildman–Crippen LogP) is 1.34. The number of aliphatic hydroxyl groups excluding tert-OH is 1. The molecule has 0 aliphatic carbocycles. The van der Waals surface area contributed by atoms with Crippen molar-refractivity contribution < 1.29 is 13.5 Å². The summed E-state index contributed by atoms with van der Waals surface area (Å²) in [5.74, 6) is 0. The number of nitrogens with zero attached hydrogens (tertiary/aromatic N) is 2. The highest BCUT2D eigenvalue weighted by atomic mass is 35.5. The first-order valence-corrected chi connectivity index (χ1v) is 8.26. The van der Waals surface area contributed by atoms with Gasteiger partial charge in [0.25, 0.3) is 0 Å². The van der Waals surface area contributed by atoms with Gasteiger partial charge in [0, 0.05) is 29.7 Å². The molecule has 1 atom stereocenters. The van der Waals surface area contributed by atoms with Gasteiger partial charge >= 0.3 is 0 Å². The average Bonchev–Trinajstić information content (AvgIpc) is 2.95. The van der Waals surface area contributed by atoms with Crippen LogP contribution in [-0.4, -0.2) is 41.2 Å². The Morgan fingerprint density at radius 3 is 2.76 bits per heavy atom. The summed E-state index contributed by atoms with van der Waals surface area (Å²) in [4.78, 5) is 0.164. The van der Waals surface area contributed by atoms with Crippen LogP contribution in [0, 0.1) is 0 Å². The fourth-order valence-electron chi connectivity index (χ4n) is 2.56. The summed E-state index contributed by atoms with van der Waals surface area (Å²) in [6.45, 7) is -0.00655. The van der Waals surface area contributed by atoms with Gasteiger partial charge in [-0.25, -0.2) is 8.42 Å². The van der Waals surface area contributed by atoms with Crippen molar-refractivity contribution in [1.29, 1.82) is 0 Å². The second-order valence-corrected chi connectivity index (χ2v) is 7.13. The van der Waals surface area contributed by atoms with Crippen LogP contribution in [0.1, 0.15) is 17.3 Å². The van der Waals surface area contributed by atoms with E-state index >= 15 is 0 Å². The minimum Gasteiger partial charge on any atom is -0.394 e. The Labute approximate surface area is 127 Å². The standard InChI is InChI=1S/C13H14ClN3O3S/c14-9-1-3-10(4-2-9)21(19,20)17-6-5-12-11(7-15-16-12)13(17)8-18/h1-4,7,13,18H,5-6,8H2,(H,15,16). The topological polar surface area (TPSA) is 86.3 Å². The van der Waals surface area contributed by atoms with E-state index in [0.29, 0.717) is 11.4 Å². The quantitative estimate of drug-likeness (QED) is 0.890. The monoisotopic (exact) mass is 327 g/mol. The number of hydrogen-bond acceptors (Lipinski definition) is 4. The third-order valence-electron chi connectivity index (χ3n) is 3.62. The van der Waals surface area contributed by atoms with Crippen LogP contribution in [0.25, 0.3) is 0 Å². The average molecular weight is 328 g/mol. The second kappa shape index (κ2) is 5.42. The third-order valence-corrected chi connectivity index (χ3v) is 5.80. The second-order valence-electron chi connectivity index (χ2n) is 4.81. The zero-order valence-corrected chi connectivity index (χ0v) is 12.6. The van der Waals surface area contributed by atoms with Crippen LogP contribution in [0.4, 0.5) is 0 Å². The number of halogens is 1. The molecule has 1 unspecified atom stereocenters. The number of aromatic amines is 1. The smallest absolute Gasteiger partial charge is 0.243 e. The SMILES string of the molecule is O=S(=O)(c1ccc(Cl)cc1)N1CCc2n[nH]cc2C1CO. The van der Waals surface area contributed by atoms with E-state index in [9.17, 15) is 13.5 Å². The Hall–Kier alpha value is -1.41. The largest absolute Gasteiger partial charge is 0.394 e. The zero-order chi connectivity index (χ0) is 15.0. The summed E-state index contributed by atoms with van der Waals surface area (Å²) < 4.78 is 26.8. The van der Waals surface area contributed by atoms with Crippen molar-refractivity contribution in [3.63, 3.8) is 0 Å². The van der Waals surface area contributed by atoms with Gasteiger partial charge in [0.15, 0.2) is 0 Å². The van der Waals surface area contributed by atoms with Gasteiger partial charge in [-0.1, -0.05) is 11.6 Å². The van der Waals surface area contributed by atoms with E-state index in [-0.39, 0.29) is 18.0 Å². The molecule has 0 amide bonds. The lowest BCUT2D eigenvalue weighted by atomic mass is 10.0. The summed E-state index contributed by atoms with van der Waals surface area (Å²) >= 11 is 5.79. The molecular weight excluding hydrogens is 314 g/mol. The molecule has 0 saturated carbocycles. The molecule has 0 radical (unpaired) electrons. The molecule has 1 aliphatic rings. The number of nitrogens with one attached hydrogen (secondary N) is 1. The third kappa shape index (κ3) is 2.46. The summed E-state index contributed by atoms with van der Waals surface area (Å²) in [6.07, 6.45) is 2.15. The fraction of sp³-hybridized carbons (Fsp3) is 0.308. The first-order valence-electron chi connectivity index (χ1n) is 6.45. The van der Waals surface area contributed by atoms with Crippen LogP contribution >= 0.6 is 11.6 Å². The molecule has 1 aliphatic heterocycles. The number of H-pyrrole nitrogens is 1. The number of sulfonamides is 1. The van der Waals surface area contributed by atoms with Gasteiger partial charge in [0.2, 0.25) is 10.0 Å². The number of aromatic nitrogens is 2. The number of hydrogen-bond donors (Lipinski definition) is 2. The van der Waals surface area contributed by atoms with Gasteiger partial charge in [-0.3, -0.25) is 5.10 Å². The molecule has 112 valence electrons. The van der Waals surface area contributed by atoms with Crippen molar-refractivity contribution in [2.75, 3.05) is 13.2 Å². The van der Waals surface area contributed by atoms with Crippen LogP contribution < -0.4 is 0 Å². The molecule has 0 saturated heterocycles. The molecule has 21 heavy (non-hydrogen) atoms. The van der Waals surface area contributed by atoms with Crippen LogP contribution in [0.2, 0.25) is 5.02 Å². The van der Waals surface area contributed by atoms with Crippen molar-refractivity contribution in [2.45, 2.75) is 17.4 Å². The van der Waals surface area contributed by atoms with Crippen LogP contribution in [0.3, 0.4) is 0 Å². The number of aliphatic hydroxyl groups is 1. The van der Waals surface area contributed by atoms with E-state index in [1.165, 1.54) is 28.6 Å². The highest BCUT2D eigenvalue weighted by Crippen LogP contribution is 2.33. The lowest BCUT2D eigenvalue weighted by Gasteiger charge is -2.33. The van der Waals surface area contributed by atoms with E-state index in [4.69, 9.17) is 11.6 Å². The van der Waals surface area contributed by atoms with E-state index < -0.39 is 16.1 Å². The highest BCUT2D eigenvalue weighted by Gasteiger charge is 2.37. The van der Waals surface area contributed by atoms with Crippen LogP contribution in [0.5, 0.6) is 0 Å². The van der Waals surface area contributed by atoms with Crippen LogP contribution in [-0.2, 0) is 16.4 Å². The van der Waals surface area contributed by atoms with Gasteiger partial charge in [-0.15, -0.1) is 0 Å². The number of rotatable bonds is 3. The van der Waals surface area contributed by atoms with Gasteiger partial charge in [0.05, 0.1) is 23.2 Å². The maximum atomic E-state index is 12.7. The van der Waals surface area contributed by atoms with E-state index in [2.05, 4.69) is 10.2 Å². The normalized spacial score (nSPS) is 19.4. The van der Waals surface area contributed by atoms with Crippen molar-refractivity contribution in [3.8, 4) is 0 Å². The summed E-state index contributed by atoms with van der Waals surface area (Å²) in [7, 11) is -3.69. The molecule has 0 bridgehead atoms. The molecule has 3 rings (SSSR count). The molecule has 1 aromatic heterocycles. The molecule has 8 heteroatoms. The Bertz CT molecular complexity index is 742. The first-order chi connectivity index (χ1) is 10.0. The van der Waals surface area contributed by atoms with Gasteiger partial charge < -0.3 is 5.11 Å². The van der Waals surface area contributed by atoms with Crippen molar-refractivity contribution in [3.05, 3.63) is 46.7 Å². The molecule has 2 heterocycles. The van der Waals surface area contributed by atoms with Gasteiger partial charge in [-0.2, -0.15) is 9.40 Å². The molecule has 6 nitrogen and oxygen atoms in total. The first kappa shape index (κ1) is 14.5. The van der Waals surface area contributed by atoms with Crippen molar-refractivity contribution in [1.82, 2.24) is 14.5 Å². The van der Waals surface area contributed by atoms with Crippen LogP contribution in [0.15, 0.2) is 35.4 Å². The maximum Gasteiger partial charge on any atom is 0.243 e. The maximum absolute atomic E-state index is 12.7.